The van der Waals surface area contributed by atoms with Gasteiger partial charge < -0.3 is 5.32 Å². The number of carbonyl (C=O) groups is 1. The number of hydrogen-bond acceptors (Lipinski definition) is 4. The van der Waals surface area contributed by atoms with Crippen LogP contribution in [0.5, 0.6) is 0 Å². The Kier molecular flexibility index (Phi) is 5.22. The van der Waals surface area contributed by atoms with E-state index in [1.807, 2.05) is 25.1 Å². The van der Waals surface area contributed by atoms with E-state index in [1.165, 1.54) is 12.1 Å². The summed E-state index contributed by atoms with van der Waals surface area (Å²) >= 11 is 6.16. The zero-order valence-corrected chi connectivity index (χ0v) is 17.5. The third kappa shape index (κ3) is 3.52. The number of rotatable bonds is 4. The molecule has 0 aliphatic carbocycles. The van der Waals surface area contributed by atoms with Gasteiger partial charge in [0.25, 0.3) is 5.91 Å². The van der Waals surface area contributed by atoms with Gasteiger partial charge in [0, 0.05) is 5.02 Å². The molecule has 0 bridgehead atoms. The molecular weight excluding hydrogens is 405 g/mol. The lowest BCUT2D eigenvalue weighted by atomic mass is 10.0. The number of aryl methyl sites for hydroxylation is 3. The number of hydrogen-bond donors (Lipinski definition) is 1. The molecule has 2 aromatic heterocycles. The molecule has 1 N–H and O–H groups in total. The lowest BCUT2D eigenvalue weighted by Crippen LogP contribution is -2.19. The Balaban J connectivity index is 1.78. The summed E-state index contributed by atoms with van der Waals surface area (Å²) in [4.78, 5) is 12.8. The number of halogens is 2. The van der Waals surface area contributed by atoms with Crippen LogP contribution in [-0.4, -0.2) is 25.7 Å². The number of aromatic nitrogens is 4. The smallest absolute Gasteiger partial charge is 0.278 e. The van der Waals surface area contributed by atoms with Gasteiger partial charge in [-0.2, -0.15) is 5.10 Å². The lowest BCUT2D eigenvalue weighted by Gasteiger charge is -2.09. The largest absolute Gasteiger partial charge is 0.318 e. The van der Waals surface area contributed by atoms with E-state index in [1.54, 1.807) is 30.5 Å². The normalized spacial score (nSPS) is 11.1. The van der Waals surface area contributed by atoms with Crippen molar-refractivity contribution in [1.29, 1.82) is 0 Å². The predicted molar refractivity (Wildman–Crippen MR) is 114 cm³/mol. The van der Waals surface area contributed by atoms with E-state index in [2.05, 4.69) is 20.6 Å². The van der Waals surface area contributed by atoms with E-state index < -0.39 is 11.7 Å². The number of nitrogens with zero attached hydrogens (tertiary/aromatic N) is 4. The minimum absolute atomic E-state index is 0.0743. The molecule has 0 saturated heterocycles. The van der Waals surface area contributed by atoms with Crippen LogP contribution in [0.4, 0.5) is 10.1 Å². The van der Waals surface area contributed by atoms with Gasteiger partial charge in [-0.05, 0) is 55.7 Å². The van der Waals surface area contributed by atoms with Gasteiger partial charge >= 0.3 is 0 Å². The van der Waals surface area contributed by atoms with Crippen molar-refractivity contribution in [3.63, 3.8) is 0 Å². The van der Waals surface area contributed by atoms with Gasteiger partial charge in [0.2, 0.25) is 0 Å². The summed E-state index contributed by atoms with van der Waals surface area (Å²) in [6.45, 7) is 5.50. The highest BCUT2D eigenvalue weighted by molar-refractivity contribution is 6.30. The number of fused-ring (bicyclic) bond motifs is 1. The topological polar surface area (TPSA) is 72.2 Å². The molecule has 0 unspecified atom stereocenters. The Labute approximate surface area is 177 Å². The zero-order valence-electron chi connectivity index (χ0n) is 16.7. The maximum Gasteiger partial charge on any atom is 0.278 e. The molecule has 8 heteroatoms. The van der Waals surface area contributed by atoms with Crippen LogP contribution in [0.15, 0.2) is 42.5 Å². The Morgan fingerprint density at radius 2 is 1.97 bits per heavy atom. The van der Waals surface area contributed by atoms with E-state index in [0.717, 1.165) is 22.4 Å². The fraction of sp³-hybridized carbons (Fsp3) is 0.182. The number of amides is 1. The van der Waals surface area contributed by atoms with Gasteiger partial charge in [-0.1, -0.05) is 36.7 Å². The molecule has 0 fully saturated rings. The number of carbonyl (C=O) groups excluding carboxylic acids is 1. The molecule has 30 heavy (non-hydrogen) atoms. The lowest BCUT2D eigenvalue weighted by molar-refractivity contribution is 0.101. The number of benzene rings is 2. The summed E-state index contributed by atoms with van der Waals surface area (Å²) in [5, 5.41) is 16.2. The highest BCUT2D eigenvalue weighted by Crippen LogP contribution is 2.30. The van der Waals surface area contributed by atoms with Crippen molar-refractivity contribution in [3.05, 3.63) is 75.9 Å². The van der Waals surface area contributed by atoms with Crippen molar-refractivity contribution in [2.75, 3.05) is 5.32 Å². The average molecular weight is 424 g/mol. The van der Waals surface area contributed by atoms with E-state index in [4.69, 9.17) is 11.6 Å². The molecule has 4 aromatic rings. The van der Waals surface area contributed by atoms with E-state index in [-0.39, 0.29) is 11.4 Å². The van der Waals surface area contributed by atoms with Crippen LogP contribution < -0.4 is 5.32 Å². The quantitative estimate of drug-likeness (QED) is 0.500. The fourth-order valence-corrected chi connectivity index (χ4v) is 3.54. The molecule has 4 rings (SSSR count). The van der Waals surface area contributed by atoms with Gasteiger partial charge in [0.15, 0.2) is 11.3 Å². The van der Waals surface area contributed by atoms with E-state index in [0.29, 0.717) is 22.8 Å². The standard InChI is InChI=1S/C22H19ClFN5O/c1-4-17-19(14-6-5-7-15(23)11-14)21-27-26-20(13(3)29(21)28-17)22(30)25-18-9-8-12(2)10-16(18)24/h5-11H,4H2,1-3H3,(H,25,30). The predicted octanol–water partition coefficient (Wildman–Crippen LogP) is 5.02. The van der Waals surface area contributed by atoms with Crippen molar-refractivity contribution >= 4 is 28.8 Å². The van der Waals surface area contributed by atoms with Gasteiger partial charge in [-0.3, -0.25) is 4.79 Å². The second-order valence-electron chi connectivity index (χ2n) is 6.99. The second kappa shape index (κ2) is 7.84. The Morgan fingerprint density at radius 3 is 2.67 bits per heavy atom. The first-order chi connectivity index (χ1) is 14.4. The Hall–Kier alpha value is -3.32. The Morgan fingerprint density at radius 1 is 1.17 bits per heavy atom. The third-order valence-electron chi connectivity index (χ3n) is 4.87. The van der Waals surface area contributed by atoms with E-state index >= 15 is 0 Å². The summed E-state index contributed by atoms with van der Waals surface area (Å²) in [6, 6.07) is 12.0. The van der Waals surface area contributed by atoms with Gasteiger partial charge in [0.05, 0.1) is 22.6 Å². The second-order valence-corrected chi connectivity index (χ2v) is 7.43. The van der Waals surface area contributed by atoms with Gasteiger partial charge in [-0.15, -0.1) is 10.2 Å². The first-order valence-electron chi connectivity index (χ1n) is 9.47. The monoisotopic (exact) mass is 423 g/mol. The van der Waals surface area contributed by atoms with Crippen molar-refractivity contribution in [2.45, 2.75) is 27.2 Å². The molecule has 2 heterocycles. The molecule has 2 aromatic carbocycles. The molecule has 0 aliphatic rings. The summed E-state index contributed by atoms with van der Waals surface area (Å²) in [7, 11) is 0. The van der Waals surface area contributed by atoms with Crippen LogP contribution in [0, 0.1) is 19.7 Å². The van der Waals surface area contributed by atoms with Crippen LogP contribution in [-0.2, 0) is 6.42 Å². The first-order valence-corrected chi connectivity index (χ1v) is 9.85. The maximum absolute atomic E-state index is 14.1. The third-order valence-corrected chi connectivity index (χ3v) is 5.11. The van der Waals surface area contributed by atoms with Crippen LogP contribution in [0.3, 0.4) is 0 Å². The van der Waals surface area contributed by atoms with Gasteiger partial charge in [-0.25, -0.2) is 8.91 Å². The fourth-order valence-electron chi connectivity index (χ4n) is 3.35. The SMILES string of the molecule is CCc1nn2c(C)c(C(=O)Nc3ccc(C)cc3F)nnc2c1-c1cccc(Cl)c1. The van der Waals surface area contributed by atoms with Crippen molar-refractivity contribution in [2.24, 2.45) is 0 Å². The van der Waals surface area contributed by atoms with Gasteiger partial charge in [0.1, 0.15) is 5.82 Å². The number of nitrogens with one attached hydrogen (secondary N) is 1. The van der Waals surface area contributed by atoms with Crippen molar-refractivity contribution in [1.82, 2.24) is 19.8 Å². The summed E-state index contributed by atoms with van der Waals surface area (Å²) in [5.41, 5.74) is 4.48. The van der Waals surface area contributed by atoms with Crippen LogP contribution in [0.25, 0.3) is 16.8 Å². The molecule has 0 spiro atoms. The molecule has 0 radical (unpaired) electrons. The molecule has 6 nitrogen and oxygen atoms in total. The molecule has 152 valence electrons. The molecule has 1 amide bonds. The summed E-state index contributed by atoms with van der Waals surface area (Å²) < 4.78 is 15.7. The average Bonchev–Trinajstić information content (AvgIpc) is 3.10. The zero-order chi connectivity index (χ0) is 21.4. The highest BCUT2D eigenvalue weighted by Gasteiger charge is 2.22. The number of anilines is 1. The van der Waals surface area contributed by atoms with E-state index in [9.17, 15) is 9.18 Å². The minimum atomic E-state index is -0.553. The van der Waals surface area contributed by atoms with Crippen molar-refractivity contribution < 1.29 is 9.18 Å². The maximum atomic E-state index is 14.1. The summed E-state index contributed by atoms with van der Waals surface area (Å²) in [6.07, 6.45) is 0.667. The Bertz CT molecular complexity index is 1280. The summed E-state index contributed by atoms with van der Waals surface area (Å²) in [5.74, 6) is -1.06. The van der Waals surface area contributed by atoms with Crippen LogP contribution in [0.1, 0.15) is 34.4 Å². The first kappa shape index (κ1) is 20.0. The molecular formula is C22H19ClFN5O. The van der Waals surface area contributed by atoms with Crippen molar-refractivity contribution in [3.8, 4) is 11.1 Å². The minimum Gasteiger partial charge on any atom is -0.318 e. The molecule has 0 saturated carbocycles. The molecule has 0 aliphatic heterocycles. The van der Waals surface area contributed by atoms with Crippen LogP contribution in [0.2, 0.25) is 5.02 Å². The molecule has 0 atom stereocenters. The highest BCUT2D eigenvalue weighted by atomic mass is 35.5. The van der Waals surface area contributed by atoms with Crippen LogP contribution >= 0.6 is 11.6 Å².